The maximum Gasteiger partial charge on any atom is 0.279 e. The first-order chi connectivity index (χ1) is 13.5. The van der Waals surface area contributed by atoms with Gasteiger partial charge in [-0.1, -0.05) is 18.2 Å². The number of hydrogen-bond donors (Lipinski definition) is 3. The molecule has 2 aromatic carbocycles. The zero-order chi connectivity index (χ0) is 19.9. The van der Waals surface area contributed by atoms with Crippen molar-refractivity contribution in [2.45, 2.75) is 32.7 Å². The van der Waals surface area contributed by atoms with Crippen molar-refractivity contribution in [3.63, 3.8) is 0 Å². The van der Waals surface area contributed by atoms with Gasteiger partial charge in [0.2, 0.25) is 0 Å². The van der Waals surface area contributed by atoms with Crippen LogP contribution in [0.15, 0.2) is 42.5 Å². The quantitative estimate of drug-likeness (QED) is 0.646. The Morgan fingerprint density at radius 3 is 2.46 bits per heavy atom. The number of hydrogen-bond acceptors (Lipinski definition) is 2. The third-order valence-electron chi connectivity index (χ3n) is 5.11. The second kappa shape index (κ2) is 9.46. The molecular formula is C22H27FN3O2+. The number of aryl methyl sites for hydroxylation is 2. The van der Waals surface area contributed by atoms with Crippen LogP contribution in [0.1, 0.15) is 30.0 Å². The van der Waals surface area contributed by atoms with Gasteiger partial charge in [-0.05, 0) is 67.1 Å². The van der Waals surface area contributed by atoms with E-state index < -0.39 is 0 Å². The molecule has 1 aliphatic rings. The van der Waals surface area contributed by atoms with Crippen molar-refractivity contribution < 1.29 is 18.9 Å². The van der Waals surface area contributed by atoms with Gasteiger partial charge in [0, 0.05) is 12.2 Å². The number of likely N-dealkylation sites (N-methyl/N-ethyl adjacent to an activating group) is 1. The van der Waals surface area contributed by atoms with E-state index in [0.29, 0.717) is 13.1 Å². The largest absolute Gasteiger partial charge is 0.347 e. The van der Waals surface area contributed by atoms with Crippen LogP contribution in [0.2, 0.25) is 0 Å². The normalized spacial score (nSPS) is 13.6. The molecule has 148 valence electrons. The van der Waals surface area contributed by atoms with E-state index in [1.54, 1.807) is 12.1 Å². The smallest absolute Gasteiger partial charge is 0.279 e. The lowest BCUT2D eigenvalue weighted by molar-refractivity contribution is -0.881. The van der Waals surface area contributed by atoms with E-state index in [1.165, 1.54) is 29.7 Å². The molecule has 1 unspecified atom stereocenters. The number of carbonyl (C=O) groups is 2. The molecular weight excluding hydrogens is 357 g/mol. The molecule has 1 atom stereocenters. The van der Waals surface area contributed by atoms with E-state index in [9.17, 15) is 14.0 Å². The number of amides is 2. The van der Waals surface area contributed by atoms with Crippen LogP contribution in [0.3, 0.4) is 0 Å². The van der Waals surface area contributed by atoms with Crippen molar-refractivity contribution >= 4 is 17.5 Å². The first-order valence-corrected chi connectivity index (χ1v) is 9.80. The predicted molar refractivity (Wildman–Crippen MR) is 107 cm³/mol. The predicted octanol–water partition coefficient (Wildman–Crippen LogP) is 1.47. The van der Waals surface area contributed by atoms with Gasteiger partial charge in [0.05, 0.1) is 6.54 Å². The third kappa shape index (κ3) is 5.63. The fourth-order valence-electron chi connectivity index (χ4n) is 3.49. The Balaban J connectivity index is 1.45. The maximum absolute atomic E-state index is 12.9. The van der Waals surface area contributed by atoms with Crippen LogP contribution in [0.5, 0.6) is 0 Å². The minimum Gasteiger partial charge on any atom is -0.347 e. The van der Waals surface area contributed by atoms with Crippen molar-refractivity contribution in [3.8, 4) is 0 Å². The van der Waals surface area contributed by atoms with Crippen LogP contribution in [0, 0.1) is 5.82 Å². The molecule has 0 fully saturated rings. The molecule has 5 nitrogen and oxygen atoms in total. The number of quaternary nitrogens is 1. The number of nitrogens with one attached hydrogen (secondary N) is 3. The number of benzene rings is 2. The van der Waals surface area contributed by atoms with Gasteiger partial charge in [0.1, 0.15) is 5.82 Å². The minimum atomic E-state index is -0.300. The zero-order valence-corrected chi connectivity index (χ0v) is 16.2. The monoisotopic (exact) mass is 384 g/mol. The summed E-state index contributed by atoms with van der Waals surface area (Å²) in [6.45, 7) is 3.41. The Labute approximate surface area is 164 Å². The Kier molecular flexibility index (Phi) is 6.76. The van der Waals surface area contributed by atoms with E-state index in [2.05, 4.69) is 22.8 Å². The van der Waals surface area contributed by atoms with Crippen molar-refractivity contribution in [2.75, 3.05) is 25.0 Å². The minimum absolute atomic E-state index is 0.0962. The second-order valence-electron chi connectivity index (χ2n) is 7.25. The SMILES string of the molecule is CC[NH+](CC(=O)NCc1ccc(F)cc1)CC(=O)Nc1ccc2c(c1)CCC2. The number of carbonyl (C=O) groups excluding carboxylic acids is 2. The van der Waals surface area contributed by atoms with Gasteiger partial charge in [-0.2, -0.15) is 0 Å². The Morgan fingerprint density at radius 2 is 1.71 bits per heavy atom. The van der Waals surface area contributed by atoms with Crippen molar-refractivity contribution in [3.05, 3.63) is 65.0 Å². The summed E-state index contributed by atoms with van der Waals surface area (Å²) < 4.78 is 12.9. The van der Waals surface area contributed by atoms with E-state index >= 15 is 0 Å². The first kappa shape index (κ1) is 20.0. The van der Waals surface area contributed by atoms with E-state index in [0.717, 1.165) is 29.0 Å². The fourth-order valence-corrected chi connectivity index (χ4v) is 3.49. The van der Waals surface area contributed by atoms with Crippen molar-refractivity contribution in [2.24, 2.45) is 0 Å². The highest BCUT2D eigenvalue weighted by Crippen LogP contribution is 2.24. The Morgan fingerprint density at radius 1 is 1.00 bits per heavy atom. The number of halogens is 1. The molecule has 0 saturated carbocycles. The lowest BCUT2D eigenvalue weighted by Crippen LogP contribution is -3.13. The lowest BCUT2D eigenvalue weighted by atomic mass is 10.1. The maximum atomic E-state index is 12.9. The first-order valence-electron chi connectivity index (χ1n) is 9.80. The van der Waals surface area contributed by atoms with E-state index in [-0.39, 0.29) is 30.7 Å². The fraction of sp³-hybridized carbons (Fsp3) is 0.364. The highest BCUT2D eigenvalue weighted by molar-refractivity contribution is 5.91. The summed E-state index contributed by atoms with van der Waals surface area (Å²) in [4.78, 5) is 25.4. The molecule has 2 aromatic rings. The van der Waals surface area contributed by atoms with Crippen molar-refractivity contribution in [1.82, 2.24) is 5.32 Å². The van der Waals surface area contributed by atoms with Gasteiger partial charge in [0.15, 0.2) is 13.1 Å². The summed E-state index contributed by atoms with van der Waals surface area (Å²) in [6.07, 6.45) is 3.36. The molecule has 3 rings (SSSR count). The summed E-state index contributed by atoms with van der Waals surface area (Å²) in [5.41, 5.74) is 4.35. The van der Waals surface area contributed by atoms with Crippen molar-refractivity contribution in [1.29, 1.82) is 0 Å². The van der Waals surface area contributed by atoms with Crippen LogP contribution in [0.4, 0.5) is 10.1 Å². The Hall–Kier alpha value is -2.73. The molecule has 0 spiro atoms. The highest BCUT2D eigenvalue weighted by atomic mass is 19.1. The number of fused-ring (bicyclic) bond motifs is 1. The number of rotatable bonds is 8. The number of anilines is 1. The van der Waals surface area contributed by atoms with Gasteiger partial charge in [-0.15, -0.1) is 0 Å². The Bertz CT molecular complexity index is 836. The summed E-state index contributed by atoms with van der Waals surface area (Å²) in [5.74, 6) is -0.529. The van der Waals surface area contributed by atoms with Crippen LogP contribution in [-0.4, -0.2) is 31.4 Å². The third-order valence-corrected chi connectivity index (χ3v) is 5.11. The molecule has 3 N–H and O–H groups in total. The highest BCUT2D eigenvalue weighted by Gasteiger charge is 2.17. The van der Waals surface area contributed by atoms with Gasteiger partial charge in [-0.25, -0.2) is 4.39 Å². The molecule has 0 saturated heterocycles. The summed E-state index contributed by atoms with van der Waals surface area (Å²) in [5, 5.41) is 5.77. The van der Waals surface area contributed by atoms with Gasteiger partial charge < -0.3 is 15.5 Å². The second-order valence-corrected chi connectivity index (χ2v) is 7.25. The summed E-state index contributed by atoms with van der Waals surface area (Å²) in [7, 11) is 0. The van der Waals surface area contributed by atoms with Crippen LogP contribution in [0.25, 0.3) is 0 Å². The lowest BCUT2D eigenvalue weighted by Gasteiger charge is -2.17. The summed E-state index contributed by atoms with van der Waals surface area (Å²) >= 11 is 0. The molecule has 0 heterocycles. The topological polar surface area (TPSA) is 62.6 Å². The zero-order valence-electron chi connectivity index (χ0n) is 16.2. The molecule has 28 heavy (non-hydrogen) atoms. The summed E-state index contributed by atoms with van der Waals surface area (Å²) in [6, 6.07) is 12.1. The standard InChI is InChI=1S/C22H26FN3O2/c1-2-26(14-21(27)24-13-16-6-9-19(23)10-7-16)15-22(28)25-20-11-8-17-4-3-5-18(17)12-20/h6-12H,2-5,13-15H2,1H3,(H,24,27)(H,25,28)/p+1. The van der Waals surface area contributed by atoms with Gasteiger partial charge >= 0.3 is 0 Å². The van der Waals surface area contributed by atoms with E-state index in [1.807, 2.05) is 13.0 Å². The van der Waals surface area contributed by atoms with Gasteiger partial charge in [0.25, 0.3) is 11.8 Å². The molecule has 2 amide bonds. The molecule has 0 aliphatic heterocycles. The molecule has 1 aliphatic carbocycles. The average Bonchev–Trinajstić information content (AvgIpc) is 3.14. The molecule has 0 aromatic heterocycles. The average molecular weight is 384 g/mol. The van der Waals surface area contributed by atoms with Crippen LogP contribution < -0.4 is 15.5 Å². The van der Waals surface area contributed by atoms with E-state index in [4.69, 9.17) is 0 Å². The van der Waals surface area contributed by atoms with Gasteiger partial charge in [-0.3, -0.25) is 9.59 Å². The van der Waals surface area contributed by atoms with Crippen LogP contribution >= 0.6 is 0 Å². The molecule has 0 bridgehead atoms. The molecule has 0 radical (unpaired) electrons. The molecule has 6 heteroatoms. The van der Waals surface area contributed by atoms with Crippen LogP contribution in [-0.2, 0) is 29.0 Å².